The highest BCUT2D eigenvalue weighted by atomic mass is 32.2. The normalized spacial score (nSPS) is 14.4. The Morgan fingerprint density at radius 3 is 2.56 bits per heavy atom. The number of para-hydroxylation sites is 1. The summed E-state index contributed by atoms with van der Waals surface area (Å²) in [7, 11) is 0. The van der Waals surface area contributed by atoms with Crippen LogP contribution < -0.4 is 10.1 Å². The molecule has 0 saturated heterocycles. The summed E-state index contributed by atoms with van der Waals surface area (Å²) in [5.74, 6) is 1.81. The van der Waals surface area contributed by atoms with Crippen LogP contribution in [0.4, 0.5) is 0 Å². The molecule has 1 aliphatic carbocycles. The Balaban J connectivity index is 1.59. The molecule has 0 spiro atoms. The number of benzene rings is 2. The van der Waals surface area contributed by atoms with Gasteiger partial charge in [0.25, 0.3) is 5.91 Å². The highest BCUT2D eigenvalue weighted by Gasteiger charge is 2.18. The first-order valence-electron chi connectivity index (χ1n) is 8.87. The zero-order valence-corrected chi connectivity index (χ0v) is 15.5. The van der Waals surface area contributed by atoms with E-state index < -0.39 is 0 Å². The molecule has 3 nitrogen and oxygen atoms in total. The van der Waals surface area contributed by atoms with Crippen molar-refractivity contribution < 1.29 is 9.53 Å². The minimum absolute atomic E-state index is 0.0497. The molecular weight excluding hydrogens is 330 g/mol. The van der Waals surface area contributed by atoms with Gasteiger partial charge >= 0.3 is 0 Å². The van der Waals surface area contributed by atoms with E-state index in [1.54, 1.807) is 11.8 Å². The summed E-state index contributed by atoms with van der Waals surface area (Å²) in [6, 6.07) is 15.8. The number of nitrogens with one attached hydrogen (secondary N) is 1. The second kappa shape index (κ2) is 8.95. The molecule has 2 aromatic rings. The Bertz CT molecular complexity index is 693. The van der Waals surface area contributed by atoms with Crippen molar-refractivity contribution in [1.82, 2.24) is 5.32 Å². The molecule has 0 heterocycles. The van der Waals surface area contributed by atoms with Gasteiger partial charge in [0.1, 0.15) is 5.75 Å². The van der Waals surface area contributed by atoms with Crippen LogP contribution in [0.15, 0.2) is 48.5 Å². The minimum atomic E-state index is -0.0497. The van der Waals surface area contributed by atoms with E-state index in [0.29, 0.717) is 18.2 Å². The predicted octanol–water partition coefficient (Wildman–Crippen LogP) is 4.80. The van der Waals surface area contributed by atoms with Crippen LogP contribution in [0.3, 0.4) is 0 Å². The number of hydrogen-bond donors (Lipinski definition) is 1. The molecule has 0 atom stereocenters. The van der Waals surface area contributed by atoms with Crippen LogP contribution in [-0.2, 0) is 12.3 Å². The predicted molar refractivity (Wildman–Crippen MR) is 104 cm³/mol. The SMILES string of the molecule is CSCc1ccc(C(=O)NCc2ccccc2OC2CCCC2)cc1. The van der Waals surface area contributed by atoms with Crippen molar-refractivity contribution in [3.05, 3.63) is 65.2 Å². The average molecular weight is 356 g/mol. The molecule has 132 valence electrons. The Hall–Kier alpha value is -1.94. The number of rotatable bonds is 7. The van der Waals surface area contributed by atoms with Crippen LogP contribution in [0.5, 0.6) is 5.75 Å². The first kappa shape index (κ1) is 17.9. The molecule has 1 aliphatic rings. The smallest absolute Gasteiger partial charge is 0.251 e. The van der Waals surface area contributed by atoms with Gasteiger partial charge in [0.05, 0.1) is 6.10 Å². The van der Waals surface area contributed by atoms with E-state index in [-0.39, 0.29) is 5.91 Å². The molecule has 1 saturated carbocycles. The third-order valence-electron chi connectivity index (χ3n) is 4.53. The highest BCUT2D eigenvalue weighted by Crippen LogP contribution is 2.26. The van der Waals surface area contributed by atoms with Crippen molar-refractivity contribution in [2.45, 2.75) is 44.1 Å². The summed E-state index contributed by atoms with van der Waals surface area (Å²) in [6.07, 6.45) is 7.14. The van der Waals surface area contributed by atoms with Crippen LogP contribution in [0, 0.1) is 0 Å². The van der Waals surface area contributed by atoms with E-state index in [0.717, 1.165) is 29.9 Å². The fraction of sp³-hybridized carbons (Fsp3) is 0.381. The molecule has 0 unspecified atom stereocenters. The topological polar surface area (TPSA) is 38.3 Å². The molecule has 0 bridgehead atoms. The van der Waals surface area contributed by atoms with Crippen LogP contribution >= 0.6 is 11.8 Å². The van der Waals surface area contributed by atoms with Crippen molar-refractivity contribution in [2.24, 2.45) is 0 Å². The molecule has 1 fully saturated rings. The molecule has 2 aromatic carbocycles. The third kappa shape index (κ3) is 5.02. The zero-order valence-electron chi connectivity index (χ0n) is 14.7. The van der Waals surface area contributed by atoms with Crippen molar-refractivity contribution in [3.8, 4) is 5.75 Å². The number of amides is 1. The van der Waals surface area contributed by atoms with Crippen LogP contribution in [0.25, 0.3) is 0 Å². The third-order valence-corrected chi connectivity index (χ3v) is 5.16. The van der Waals surface area contributed by atoms with Gasteiger partial charge in [-0.05, 0) is 55.7 Å². The largest absolute Gasteiger partial charge is 0.490 e. The number of hydrogen-bond acceptors (Lipinski definition) is 3. The summed E-state index contributed by atoms with van der Waals surface area (Å²) < 4.78 is 6.13. The van der Waals surface area contributed by atoms with Gasteiger partial charge in [-0.1, -0.05) is 30.3 Å². The maximum atomic E-state index is 12.4. The fourth-order valence-electron chi connectivity index (χ4n) is 3.15. The lowest BCUT2D eigenvalue weighted by Gasteiger charge is -2.16. The zero-order chi connectivity index (χ0) is 17.5. The van der Waals surface area contributed by atoms with Gasteiger partial charge in [-0.2, -0.15) is 11.8 Å². The molecule has 3 rings (SSSR count). The van der Waals surface area contributed by atoms with E-state index in [1.807, 2.05) is 48.5 Å². The molecule has 1 N–H and O–H groups in total. The monoisotopic (exact) mass is 355 g/mol. The van der Waals surface area contributed by atoms with E-state index in [1.165, 1.54) is 18.4 Å². The quantitative estimate of drug-likeness (QED) is 0.775. The lowest BCUT2D eigenvalue weighted by molar-refractivity contribution is 0.0950. The fourth-order valence-corrected chi connectivity index (χ4v) is 3.67. The molecule has 4 heteroatoms. The van der Waals surface area contributed by atoms with Gasteiger partial charge in [-0.3, -0.25) is 4.79 Å². The standard InChI is InChI=1S/C21H25NO2S/c1-25-15-16-10-12-17(13-11-16)21(23)22-14-18-6-2-5-9-20(18)24-19-7-3-4-8-19/h2,5-6,9-13,19H,3-4,7-8,14-15H2,1H3,(H,22,23). The van der Waals surface area contributed by atoms with Gasteiger partial charge in [-0.25, -0.2) is 0 Å². The van der Waals surface area contributed by atoms with Gasteiger partial charge < -0.3 is 10.1 Å². The van der Waals surface area contributed by atoms with E-state index in [9.17, 15) is 4.79 Å². The average Bonchev–Trinajstić information content (AvgIpc) is 3.15. The maximum absolute atomic E-state index is 12.4. The van der Waals surface area contributed by atoms with Crippen molar-refractivity contribution in [2.75, 3.05) is 6.26 Å². The summed E-state index contributed by atoms with van der Waals surface area (Å²) in [5, 5.41) is 3.01. The Labute approximate surface area is 154 Å². The van der Waals surface area contributed by atoms with Crippen molar-refractivity contribution >= 4 is 17.7 Å². The maximum Gasteiger partial charge on any atom is 0.251 e. The van der Waals surface area contributed by atoms with Gasteiger partial charge in [0.15, 0.2) is 0 Å². The van der Waals surface area contributed by atoms with Crippen LogP contribution in [0.1, 0.15) is 47.2 Å². The van der Waals surface area contributed by atoms with Gasteiger partial charge in [0, 0.05) is 23.4 Å². The lowest BCUT2D eigenvalue weighted by atomic mass is 10.1. The van der Waals surface area contributed by atoms with E-state index in [2.05, 4.69) is 11.6 Å². The molecule has 0 aromatic heterocycles. The Kier molecular flexibility index (Phi) is 6.40. The van der Waals surface area contributed by atoms with Crippen molar-refractivity contribution in [3.63, 3.8) is 0 Å². The second-order valence-electron chi connectivity index (χ2n) is 6.44. The van der Waals surface area contributed by atoms with Gasteiger partial charge in [0.2, 0.25) is 0 Å². The Morgan fingerprint density at radius 1 is 1.12 bits per heavy atom. The first-order valence-corrected chi connectivity index (χ1v) is 10.3. The molecule has 0 radical (unpaired) electrons. The second-order valence-corrected chi connectivity index (χ2v) is 7.31. The first-order chi connectivity index (χ1) is 12.3. The summed E-state index contributed by atoms with van der Waals surface area (Å²) in [4.78, 5) is 12.4. The summed E-state index contributed by atoms with van der Waals surface area (Å²) in [6.45, 7) is 0.480. The molecular formula is C21H25NO2S. The van der Waals surface area contributed by atoms with Crippen LogP contribution in [0.2, 0.25) is 0 Å². The summed E-state index contributed by atoms with van der Waals surface area (Å²) in [5.41, 5.74) is 2.96. The molecule has 1 amide bonds. The molecule has 0 aliphatic heterocycles. The van der Waals surface area contributed by atoms with Gasteiger partial charge in [-0.15, -0.1) is 0 Å². The minimum Gasteiger partial charge on any atom is -0.490 e. The van der Waals surface area contributed by atoms with Crippen LogP contribution in [-0.4, -0.2) is 18.3 Å². The van der Waals surface area contributed by atoms with E-state index in [4.69, 9.17) is 4.74 Å². The van der Waals surface area contributed by atoms with Crippen molar-refractivity contribution in [1.29, 1.82) is 0 Å². The number of ether oxygens (including phenoxy) is 1. The number of carbonyl (C=O) groups excluding carboxylic acids is 1. The molecule has 25 heavy (non-hydrogen) atoms. The highest BCUT2D eigenvalue weighted by molar-refractivity contribution is 7.97. The number of thioether (sulfide) groups is 1. The number of carbonyl (C=O) groups is 1. The lowest BCUT2D eigenvalue weighted by Crippen LogP contribution is -2.23. The Morgan fingerprint density at radius 2 is 1.84 bits per heavy atom. The van der Waals surface area contributed by atoms with E-state index >= 15 is 0 Å². The summed E-state index contributed by atoms with van der Waals surface area (Å²) >= 11 is 1.78.